The standard InChI is InChI=1S/C16H16ClNO5S/c1-2-3-6-23-14(20)9-18-15(21)13(24-16(18)22)8-10-4-5-12(19)11(17)7-10/h4-5,7-8,19H,2-3,6,9H2,1H3/b13-8+. The molecule has 0 saturated carbocycles. The van der Waals surface area contributed by atoms with Crippen LogP contribution >= 0.6 is 23.4 Å². The molecule has 0 spiro atoms. The third-order valence-corrected chi connectivity index (χ3v) is 4.40. The number of carbonyl (C=O) groups excluding carboxylic acids is 3. The molecular formula is C16H16ClNO5S. The zero-order valence-corrected chi connectivity index (χ0v) is 14.5. The normalized spacial score (nSPS) is 16.1. The van der Waals surface area contributed by atoms with Gasteiger partial charge in [-0.15, -0.1) is 0 Å². The van der Waals surface area contributed by atoms with Gasteiger partial charge in [-0.05, 0) is 42.0 Å². The number of hydrogen-bond acceptors (Lipinski definition) is 6. The zero-order valence-electron chi connectivity index (χ0n) is 13.0. The van der Waals surface area contributed by atoms with Gasteiger partial charge in [-0.2, -0.15) is 0 Å². The van der Waals surface area contributed by atoms with Crippen LogP contribution < -0.4 is 0 Å². The molecule has 0 atom stereocenters. The fraction of sp³-hybridized carbons (Fsp3) is 0.312. The molecule has 0 radical (unpaired) electrons. The van der Waals surface area contributed by atoms with Crippen LogP contribution in [0, 0.1) is 0 Å². The number of phenols is 1. The van der Waals surface area contributed by atoms with Gasteiger partial charge in [0.05, 0.1) is 16.5 Å². The zero-order chi connectivity index (χ0) is 17.7. The second-order valence-corrected chi connectivity index (χ2v) is 6.45. The van der Waals surface area contributed by atoms with E-state index in [-0.39, 0.29) is 22.3 Å². The number of esters is 1. The highest BCUT2D eigenvalue weighted by Crippen LogP contribution is 2.33. The molecule has 1 aliphatic heterocycles. The molecule has 1 aromatic carbocycles. The minimum atomic E-state index is -0.611. The quantitative estimate of drug-likeness (QED) is 0.470. The first-order chi connectivity index (χ1) is 11.4. The molecule has 1 N–H and O–H groups in total. The van der Waals surface area contributed by atoms with E-state index in [1.54, 1.807) is 6.07 Å². The highest BCUT2D eigenvalue weighted by Gasteiger charge is 2.36. The molecule has 1 aromatic rings. The molecule has 1 heterocycles. The summed E-state index contributed by atoms with van der Waals surface area (Å²) < 4.78 is 4.96. The average molecular weight is 370 g/mol. The first-order valence-electron chi connectivity index (χ1n) is 7.32. The number of halogens is 1. The van der Waals surface area contributed by atoms with Crippen LogP contribution in [0.4, 0.5) is 4.79 Å². The van der Waals surface area contributed by atoms with Crippen LogP contribution in [0.5, 0.6) is 5.75 Å². The van der Waals surface area contributed by atoms with Crippen LogP contribution in [0.1, 0.15) is 25.3 Å². The summed E-state index contributed by atoms with van der Waals surface area (Å²) in [5.74, 6) is -1.24. The summed E-state index contributed by atoms with van der Waals surface area (Å²) in [5.41, 5.74) is 0.564. The van der Waals surface area contributed by atoms with Gasteiger partial charge in [0.25, 0.3) is 11.1 Å². The van der Waals surface area contributed by atoms with Crippen LogP contribution in [0.3, 0.4) is 0 Å². The highest BCUT2D eigenvalue weighted by atomic mass is 35.5. The molecule has 128 valence electrons. The first-order valence-corrected chi connectivity index (χ1v) is 8.51. The van der Waals surface area contributed by atoms with E-state index in [1.165, 1.54) is 18.2 Å². The van der Waals surface area contributed by atoms with Gasteiger partial charge in [0.15, 0.2) is 0 Å². The van der Waals surface area contributed by atoms with Crippen molar-refractivity contribution in [2.45, 2.75) is 19.8 Å². The number of imide groups is 1. The van der Waals surface area contributed by atoms with Crippen molar-refractivity contribution in [1.29, 1.82) is 0 Å². The van der Waals surface area contributed by atoms with Crippen LogP contribution in [-0.2, 0) is 14.3 Å². The van der Waals surface area contributed by atoms with Crippen molar-refractivity contribution in [2.75, 3.05) is 13.2 Å². The van der Waals surface area contributed by atoms with Gasteiger partial charge in [0.1, 0.15) is 12.3 Å². The smallest absolute Gasteiger partial charge is 0.326 e. The maximum absolute atomic E-state index is 12.3. The predicted octanol–water partition coefficient (Wildman–Crippen LogP) is 3.43. The summed E-state index contributed by atoms with van der Waals surface area (Å²) in [6.07, 6.45) is 3.10. The number of phenolic OH excluding ortho intramolecular Hbond substituents is 1. The van der Waals surface area contributed by atoms with E-state index < -0.39 is 23.7 Å². The van der Waals surface area contributed by atoms with Crippen molar-refractivity contribution in [3.63, 3.8) is 0 Å². The van der Waals surface area contributed by atoms with Crippen molar-refractivity contribution in [2.24, 2.45) is 0 Å². The van der Waals surface area contributed by atoms with E-state index in [1.807, 2.05) is 6.92 Å². The molecule has 0 bridgehead atoms. The minimum Gasteiger partial charge on any atom is -0.506 e. The fourth-order valence-electron chi connectivity index (χ4n) is 1.91. The Hall–Kier alpha value is -1.99. The molecule has 1 fully saturated rings. The lowest BCUT2D eigenvalue weighted by atomic mass is 10.2. The number of hydrogen-bond donors (Lipinski definition) is 1. The Morgan fingerprint density at radius 3 is 2.83 bits per heavy atom. The summed E-state index contributed by atoms with van der Waals surface area (Å²) in [7, 11) is 0. The third kappa shape index (κ3) is 4.52. The lowest BCUT2D eigenvalue weighted by Crippen LogP contribution is -2.34. The largest absolute Gasteiger partial charge is 0.506 e. The van der Waals surface area contributed by atoms with Crippen LogP contribution in [-0.4, -0.2) is 40.3 Å². The molecule has 2 rings (SSSR count). The molecule has 0 unspecified atom stereocenters. The van der Waals surface area contributed by atoms with E-state index in [2.05, 4.69) is 0 Å². The topological polar surface area (TPSA) is 83.9 Å². The number of ether oxygens (including phenoxy) is 1. The Balaban J connectivity index is 2.06. The molecule has 0 aliphatic carbocycles. The van der Waals surface area contributed by atoms with Gasteiger partial charge >= 0.3 is 5.97 Å². The van der Waals surface area contributed by atoms with E-state index in [4.69, 9.17) is 16.3 Å². The molecule has 8 heteroatoms. The fourth-order valence-corrected chi connectivity index (χ4v) is 2.93. The van der Waals surface area contributed by atoms with E-state index >= 15 is 0 Å². The molecule has 6 nitrogen and oxygen atoms in total. The minimum absolute atomic E-state index is 0.0725. The van der Waals surface area contributed by atoms with Crippen LogP contribution in [0.15, 0.2) is 23.1 Å². The van der Waals surface area contributed by atoms with Crippen molar-refractivity contribution in [3.05, 3.63) is 33.7 Å². The summed E-state index contributed by atoms with van der Waals surface area (Å²) in [5, 5.41) is 9.01. The van der Waals surface area contributed by atoms with Gasteiger partial charge in [-0.1, -0.05) is 31.0 Å². The van der Waals surface area contributed by atoms with Crippen LogP contribution in [0.25, 0.3) is 6.08 Å². The number of carbonyl (C=O) groups is 3. The first kappa shape index (κ1) is 18.4. The molecule has 0 aromatic heterocycles. The third-order valence-electron chi connectivity index (χ3n) is 3.19. The molecule has 1 aliphatic rings. The lowest BCUT2D eigenvalue weighted by molar-refractivity contribution is -0.146. The molecule has 24 heavy (non-hydrogen) atoms. The molecule has 1 saturated heterocycles. The van der Waals surface area contributed by atoms with Gasteiger partial charge in [0.2, 0.25) is 0 Å². The Morgan fingerprint density at radius 1 is 1.42 bits per heavy atom. The second-order valence-electron chi connectivity index (χ2n) is 5.05. The van der Waals surface area contributed by atoms with Crippen molar-refractivity contribution < 1.29 is 24.2 Å². The molecular weight excluding hydrogens is 354 g/mol. The predicted molar refractivity (Wildman–Crippen MR) is 91.7 cm³/mol. The Bertz CT molecular complexity index is 704. The van der Waals surface area contributed by atoms with Gasteiger partial charge < -0.3 is 9.84 Å². The summed E-state index contributed by atoms with van der Waals surface area (Å²) in [6.45, 7) is 1.83. The Labute approximate surface area is 148 Å². The maximum Gasteiger partial charge on any atom is 0.326 e. The van der Waals surface area contributed by atoms with Crippen molar-refractivity contribution >= 4 is 46.6 Å². The summed E-state index contributed by atoms with van der Waals surface area (Å²) >= 11 is 6.55. The van der Waals surface area contributed by atoms with E-state index in [9.17, 15) is 19.5 Å². The number of thioether (sulfide) groups is 1. The number of aromatic hydroxyl groups is 1. The number of rotatable bonds is 6. The van der Waals surface area contributed by atoms with E-state index in [0.29, 0.717) is 5.56 Å². The highest BCUT2D eigenvalue weighted by molar-refractivity contribution is 8.18. The SMILES string of the molecule is CCCCOC(=O)CN1C(=O)S/C(=C/c2ccc(O)c(Cl)c2)C1=O. The van der Waals surface area contributed by atoms with Crippen LogP contribution in [0.2, 0.25) is 5.02 Å². The van der Waals surface area contributed by atoms with E-state index in [0.717, 1.165) is 29.5 Å². The Kier molecular flexibility index (Phi) is 6.28. The summed E-state index contributed by atoms with van der Waals surface area (Å²) in [6, 6.07) is 4.43. The number of benzene rings is 1. The van der Waals surface area contributed by atoms with Crippen molar-refractivity contribution in [1.82, 2.24) is 4.90 Å². The van der Waals surface area contributed by atoms with Gasteiger partial charge in [-0.3, -0.25) is 19.3 Å². The monoisotopic (exact) mass is 369 g/mol. The van der Waals surface area contributed by atoms with Gasteiger partial charge in [0, 0.05) is 0 Å². The maximum atomic E-state index is 12.3. The van der Waals surface area contributed by atoms with Gasteiger partial charge in [-0.25, -0.2) is 0 Å². The summed E-state index contributed by atoms with van der Waals surface area (Å²) in [4.78, 5) is 36.9. The molecule has 2 amide bonds. The average Bonchev–Trinajstić information content (AvgIpc) is 2.79. The second kappa shape index (κ2) is 8.21. The number of amides is 2. The lowest BCUT2D eigenvalue weighted by Gasteiger charge is -2.11. The number of unbranched alkanes of at least 4 members (excludes halogenated alkanes) is 1. The van der Waals surface area contributed by atoms with Crippen molar-refractivity contribution in [3.8, 4) is 5.75 Å². The Morgan fingerprint density at radius 2 is 2.17 bits per heavy atom. The number of nitrogens with zero attached hydrogens (tertiary/aromatic N) is 1.